The number of amides is 1. The zero-order chi connectivity index (χ0) is 14.5. The Bertz CT molecular complexity index is 297. The van der Waals surface area contributed by atoms with Gasteiger partial charge in [0.2, 0.25) is 5.91 Å². The first-order chi connectivity index (χ1) is 8.82. The van der Waals surface area contributed by atoms with Crippen molar-refractivity contribution in [3.8, 4) is 0 Å². The molecule has 0 aromatic rings. The van der Waals surface area contributed by atoms with Crippen LogP contribution < -0.4 is 5.32 Å². The van der Waals surface area contributed by atoms with Crippen LogP contribution in [0.2, 0.25) is 0 Å². The Labute approximate surface area is 111 Å². The number of ether oxygens (including phenoxy) is 1. The summed E-state index contributed by atoms with van der Waals surface area (Å²) in [5.74, 6) is -1.57. The minimum atomic E-state index is -4.17. The van der Waals surface area contributed by atoms with Gasteiger partial charge in [-0.25, -0.2) is 0 Å². The number of hydrogen-bond acceptors (Lipinski definition) is 3. The van der Waals surface area contributed by atoms with E-state index < -0.39 is 12.1 Å². The van der Waals surface area contributed by atoms with Gasteiger partial charge in [-0.3, -0.25) is 9.69 Å². The molecule has 4 nitrogen and oxygen atoms in total. The molecule has 112 valence electrons. The van der Waals surface area contributed by atoms with Crippen LogP contribution in [0.25, 0.3) is 0 Å². The maximum Gasteiger partial charge on any atom is 0.393 e. The van der Waals surface area contributed by atoms with E-state index in [0.717, 1.165) is 0 Å². The molecule has 1 fully saturated rings. The average Bonchev–Trinajstić information content (AvgIpc) is 2.28. The monoisotopic (exact) mass is 282 g/mol. The molecule has 1 amide bonds. The molecule has 0 aromatic carbocycles. The molecule has 1 aliphatic heterocycles. The lowest BCUT2D eigenvalue weighted by atomic mass is 9.97. The minimum Gasteiger partial charge on any atom is -0.383 e. The van der Waals surface area contributed by atoms with Crippen molar-refractivity contribution in [3.63, 3.8) is 0 Å². The van der Waals surface area contributed by atoms with Crippen LogP contribution in [0.3, 0.4) is 0 Å². The van der Waals surface area contributed by atoms with Crippen LogP contribution in [0.4, 0.5) is 13.2 Å². The third-order valence-electron chi connectivity index (χ3n) is 3.16. The van der Waals surface area contributed by atoms with E-state index >= 15 is 0 Å². The zero-order valence-electron chi connectivity index (χ0n) is 11.3. The zero-order valence-corrected chi connectivity index (χ0v) is 11.3. The molecule has 1 aliphatic rings. The van der Waals surface area contributed by atoms with Gasteiger partial charge in [-0.05, 0) is 26.3 Å². The first-order valence-corrected chi connectivity index (χ1v) is 6.40. The van der Waals surface area contributed by atoms with Gasteiger partial charge in [0.25, 0.3) is 0 Å². The summed E-state index contributed by atoms with van der Waals surface area (Å²) in [7, 11) is 1.53. The quantitative estimate of drug-likeness (QED) is 0.829. The lowest BCUT2D eigenvalue weighted by Crippen LogP contribution is -2.47. The van der Waals surface area contributed by atoms with Crippen LogP contribution in [-0.4, -0.2) is 56.4 Å². The van der Waals surface area contributed by atoms with Gasteiger partial charge >= 0.3 is 6.18 Å². The summed E-state index contributed by atoms with van der Waals surface area (Å²) in [5, 5.41) is 2.69. The number of piperidine rings is 1. The molecule has 0 radical (unpaired) electrons. The molecule has 0 spiro atoms. The fourth-order valence-corrected chi connectivity index (χ4v) is 2.28. The van der Waals surface area contributed by atoms with Crippen LogP contribution in [0.1, 0.15) is 19.8 Å². The second kappa shape index (κ2) is 7.09. The highest BCUT2D eigenvalue weighted by Gasteiger charge is 2.41. The molecular weight excluding hydrogens is 261 g/mol. The van der Waals surface area contributed by atoms with Gasteiger partial charge in [0.1, 0.15) is 0 Å². The molecule has 0 unspecified atom stereocenters. The number of carbonyl (C=O) groups excluding carboxylic acids is 1. The Morgan fingerprint density at radius 3 is 2.79 bits per heavy atom. The van der Waals surface area contributed by atoms with E-state index in [2.05, 4.69) is 5.32 Å². The summed E-state index contributed by atoms with van der Waals surface area (Å²) < 4.78 is 42.7. The van der Waals surface area contributed by atoms with E-state index in [-0.39, 0.29) is 31.5 Å². The van der Waals surface area contributed by atoms with Crippen LogP contribution in [0.15, 0.2) is 0 Å². The maximum absolute atomic E-state index is 12.6. The fourth-order valence-electron chi connectivity index (χ4n) is 2.28. The largest absolute Gasteiger partial charge is 0.393 e. The number of likely N-dealkylation sites (tertiary alicyclic amines) is 1. The number of hydrogen-bond donors (Lipinski definition) is 1. The molecule has 1 heterocycles. The van der Waals surface area contributed by atoms with E-state index in [0.29, 0.717) is 19.6 Å². The Morgan fingerprint density at radius 1 is 1.53 bits per heavy atom. The predicted octanol–water partition coefficient (Wildman–Crippen LogP) is 1.41. The molecule has 1 N–H and O–H groups in total. The summed E-state index contributed by atoms with van der Waals surface area (Å²) in [6, 6.07) is -0.138. The van der Waals surface area contributed by atoms with Crippen molar-refractivity contribution in [3.05, 3.63) is 0 Å². The number of methoxy groups -OCH3 is 1. The van der Waals surface area contributed by atoms with Crippen molar-refractivity contribution in [1.29, 1.82) is 0 Å². The van der Waals surface area contributed by atoms with Crippen LogP contribution in [0, 0.1) is 5.92 Å². The van der Waals surface area contributed by atoms with Gasteiger partial charge in [-0.15, -0.1) is 0 Å². The van der Waals surface area contributed by atoms with Gasteiger partial charge in [0.05, 0.1) is 19.1 Å². The van der Waals surface area contributed by atoms with Gasteiger partial charge in [0.15, 0.2) is 0 Å². The smallest absolute Gasteiger partial charge is 0.383 e. The Kier molecular flexibility index (Phi) is 6.06. The maximum atomic E-state index is 12.6. The molecule has 0 bridgehead atoms. The predicted molar refractivity (Wildman–Crippen MR) is 64.7 cm³/mol. The van der Waals surface area contributed by atoms with Crippen molar-refractivity contribution in [2.75, 3.05) is 33.4 Å². The summed E-state index contributed by atoms with van der Waals surface area (Å²) in [6.45, 7) is 2.64. The summed E-state index contributed by atoms with van der Waals surface area (Å²) >= 11 is 0. The number of rotatable bonds is 5. The van der Waals surface area contributed by atoms with Gasteiger partial charge in [-0.2, -0.15) is 13.2 Å². The number of carbonyl (C=O) groups is 1. The number of nitrogens with zero attached hydrogens (tertiary/aromatic N) is 1. The molecule has 0 aliphatic carbocycles. The number of halogens is 3. The highest BCUT2D eigenvalue weighted by Crippen LogP contribution is 2.32. The van der Waals surface area contributed by atoms with Crippen LogP contribution in [0.5, 0.6) is 0 Å². The molecule has 0 saturated carbocycles. The van der Waals surface area contributed by atoms with Crippen molar-refractivity contribution in [1.82, 2.24) is 10.2 Å². The molecule has 1 rings (SSSR count). The second-order valence-electron chi connectivity index (χ2n) is 5.04. The summed E-state index contributed by atoms with van der Waals surface area (Å²) in [4.78, 5) is 13.2. The van der Waals surface area contributed by atoms with E-state index in [4.69, 9.17) is 4.74 Å². The van der Waals surface area contributed by atoms with E-state index in [9.17, 15) is 18.0 Å². The lowest BCUT2D eigenvalue weighted by molar-refractivity contribution is -0.187. The van der Waals surface area contributed by atoms with Gasteiger partial charge in [0, 0.05) is 19.7 Å². The van der Waals surface area contributed by atoms with Crippen LogP contribution >= 0.6 is 0 Å². The average molecular weight is 282 g/mol. The van der Waals surface area contributed by atoms with Crippen LogP contribution in [-0.2, 0) is 9.53 Å². The topological polar surface area (TPSA) is 41.6 Å². The molecular formula is C12H21F3N2O2. The Morgan fingerprint density at radius 2 is 2.21 bits per heavy atom. The molecule has 2 atom stereocenters. The highest BCUT2D eigenvalue weighted by molar-refractivity contribution is 5.78. The SMILES string of the molecule is COC[C@@H](C)NC(=O)CN1CCC[C@@H](C(F)(F)F)C1. The standard InChI is InChI=1S/C12H21F3N2O2/c1-9(8-19-2)16-11(18)7-17-5-3-4-10(6-17)12(13,14)15/h9-10H,3-8H2,1-2H3,(H,16,18)/t9-,10-/m1/s1. The lowest BCUT2D eigenvalue weighted by Gasteiger charge is -2.33. The third kappa shape index (κ3) is 5.78. The highest BCUT2D eigenvalue weighted by atomic mass is 19.4. The first-order valence-electron chi connectivity index (χ1n) is 6.40. The van der Waals surface area contributed by atoms with Crippen molar-refractivity contribution < 1.29 is 22.7 Å². The molecule has 19 heavy (non-hydrogen) atoms. The molecule has 0 aromatic heterocycles. The molecule has 1 saturated heterocycles. The van der Waals surface area contributed by atoms with Crippen molar-refractivity contribution in [2.45, 2.75) is 32.0 Å². The molecule has 7 heteroatoms. The van der Waals surface area contributed by atoms with Crippen molar-refractivity contribution in [2.24, 2.45) is 5.92 Å². The minimum absolute atomic E-state index is 0.0145. The third-order valence-corrected chi connectivity index (χ3v) is 3.16. The van der Waals surface area contributed by atoms with E-state index in [1.54, 1.807) is 11.8 Å². The van der Waals surface area contributed by atoms with Gasteiger partial charge in [-0.1, -0.05) is 0 Å². The van der Waals surface area contributed by atoms with Crippen molar-refractivity contribution >= 4 is 5.91 Å². The number of nitrogens with one attached hydrogen (secondary N) is 1. The van der Waals surface area contributed by atoms with E-state index in [1.165, 1.54) is 7.11 Å². The summed E-state index contributed by atoms with van der Waals surface area (Å²) in [5.41, 5.74) is 0. The Balaban J connectivity index is 2.38. The summed E-state index contributed by atoms with van der Waals surface area (Å²) in [6.07, 6.45) is -3.54. The normalized spacial score (nSPS) is 23.1. The van der Waals surface area contributed by atoms with Gasteiger partial charge < -0.3 is 10.1 Å². The number of alkyl halides is 3. The first kappa shape index (κ1) is 16.2. The second-order valence-corrected chi connectivity index (χ2v) is 5.04. The fraction of sp³-hybridized carbons (Fsp3) is 0.917. The van der Waals surface area contributed by atoms with E-state index in [1.807, 2.05) is 0 Å². The Hall–Kier alpha value is -0.820.